The van der Waals surface area contributed by atoms with Gasteiger partial charge in [0.05, 0.1) is 0 Å². The third kappa shape index (κ3) is 3.80. The molecule has 1 heterocycles. The fourth-order valence-electron chi connectivity index (χ4n) is 2.60. The van der Waals surface area contributed by atoms with E-state index in [1.165, 1.54) is 43.6 Å². The topological polar surface area (TPSA) is 32.5 Å². The zero-order valence-electron chi connectivity index (χ0n) is 11.4. The van der Waals surface area contributed by atoms with Crippen LogP contribution in [0.2, 0.25) is 0 Å². The van der Waals surface area contributed by atoms with Crippen molar-refractivity contribution in [1.82, 2.24) is 9.80 Å². The molecule has 1 aromatic rings. The lowest BCUT2D eigenvalue weighted by atomic mass is 10.1. The molecule has 0 amide bonds. The van der Waals surface area contributed by atoms with Crippen LogP contribution in [0.25, 0.3) is 0 Å². The summed E-state index contributed by atoms with van der Waals surface area (Å²) in [6.45, 7) is 6.54. The first-order valence-electron chi connectivity index (χ1n) is 6.97. The highest BCUT2D eigenvalue weighted by molar-refractivity contribution is 5.26. The number of likely N-dealkylation sites (tertiary alicyclic amines) is 1. The fourth-order valence-corrected chi connectivity index (χ4v) is 2.60. The van der Waals surface area contributed by atoms with E-state index in [1.807, 2.05) is 0 Å². The maximum absolute atomic E-state index is 5.77. The summed E-state index contributed by atoms with van der Waals surface area (Å²) in [4.78, 5) is 4.96. The van der Waals surface area contributed by atoms with E-state index in [-0.39, 0.29) is 0 Å². The van der Waals surface area contributed by atoms with Gasteiger partial charge in [-0.05, 0) is 44.1 Å². The van der Waals surface area contributed by atoms with Crippen LogP contribution in [0.3, 0.4) is 0 Å². The van der Waals surface area contributed by atoms with E-state index in [4.69, 9.17) is 5.73 Å². The van der Waals surface area contributed by atoms with Crippen LogP contribution in [0, 0.1) is 0 Å². The molecule has 0 aromatic heterocycles. The zero-order chi connectivity index (χ0) is 12.8. The first-order chi connectivity index (χ1) is 8.79. The maximum atomic E-state index is 5.77. The molecule has 2 N–H and O–H groups in total. The molecule has 2 rings (SSSR count). The third-order valence-electron chi connectivity index (χ3n) is 3.78. The molecule has 18 heavy (non-hydrogen) atoms. The highest BCUT2D eigenvalue weighted by atomic mass is 15.2. The van der Waals surface area contributed by atoms with Gasteiger partial charge >= 0.3 is 0 Å². The van der Waals surface area contributed by atoms with Crippen LogP contribution in [0.15, 0.2) is 24.3 Å². The first-order valence-corrected chi connectivity index (χ1v) is 6.97. The van der Waals surface area contributed by atoms with E-state index in [2.05, 4.69) is 41.1 Å². The lowest BCUT2D eigenvalue weighted by molar-refractivity contribution is 0.252. The molecule has 0 aliphatic carbocycles. The summed E-state index contributed by atoms with van der Waals surface area (Å²) in [7, 11) is 2.20. The van der Waals surface area contributed by atoms with Gasteiger partial charge in [0, 0.05) is 26.2 Å². The molecule has 0 saturated carbocycles. The van der Waals surface area contributed by atoms with Crippen LogP contribution in [-0.4, -0.2) is 43.0 Å². The van der Waals surface area contributed by atoms with Crippen LogP contribution < -0.4 is 5.73 Å². The monoisotopic (exact) mass is 247 g/mol. The van der Waals surface area contributed by atoms with Gasteiger partial charge in [-0.3, -0.25) is 0 Å². The molecule has 3 nitrogen and oxygen atoms in total. The molecular weight excluding hydrogens is 222 g/mol. The minimum absolute atomic E-state index is 0.635. The first kappa shape index (κ1) is 13.5. The SMILES string of the molecule is CN(CCN1CCCC1)Cc1ccccc1CN. The molecule has 1 saturated heterocycles. The second-order valence-corrected chi connectivity index (χ2v) is 5.26. The Labute approximate surface area is 111 Å². The van der Waals surface area contributed by atoms with Crippen LogP contribution in [0.1, 0.15) is 24.0 Å². The van der Waals surface area contributed by atoms with E-state index in [1.54, 1.807) is 0 Å². The van der Waals surface area contributed by atoms with Gasteiger partial charge in [0.15, 0.2) is 0 Å². The second-order valence-electron chi connectivity index (χ2n) is 5.26. The van der Waals surface area contributed by atoms with Crippen molar-refractivity contribution in [3.63, 3.8) is 0 Å². The Hall–Kier alpha value is -0.900. The molecule has 0 radical (unpaired) electrons. The van der Waals surface area contributed by atoms with E-state index in [9.17, 15) is 0 Å². The minimum atomic E-state index is 0.635. The molecule has 0 atom stereocenters. The van der Waals surface area contributed by atoms with E-state index >= 15 is 0 Å². The molecular formula is C15H25N3. The number of hydrogen-bond acceptors (Lipinski definition) is 3. The van der Waals surface area contributed by atoms with Crippen molar-refractivity contribution >= 4 is 0 Å². The van der Waals surface area contributed by atoms with Crippen molar-refractivity contribution in [1.29, 1.82) is 0 Å². The van der Waals surface area contributed by atoms with Crippen LogP contribution in [-0.2, 0) is 13.1 Å². The number of nitrogens with zero attached hydrogens (tertiary/aromatic N) is 2. The molecule has 0 unspecified atom stereocenters. The maximum Gasteiger partial charge on any atom is 0.0234 e. The Morgan fingerprint density at radius 3 is 2.50 bits per heavy atom. The number of rotatable bonds is 6. The summed E-state index contributed by atoms with van der Waals surface area (Å²) in [5.41, 5.74) is 8.41. The van der Waals surface area contributed by atoms with Gasteiger partial charge in [-0.15, -0.1) is 0 Å². The fraction of sp³-hybridized carbons (Fsp3) is 0.600. The number of nitrogens with two attached hydrogens (primary N) is 1. The standard InChI is InChI=1S/C15H25N3/c1-17(10-11-18-8-4-5-9-18)13-15-7-3-2-6-14(15)12-16/h2-3,6-7H,4-5,8-13,16H2,1H3. The molecule has 1 aliphatic rings. The predicted molar refractivity (Wildman–Crippen MR) is 76.3 cm³/mol. The zero-order valence-corrected chi connectivity index (χ0v) is 11.4. The van der Waals surface area contributed by atoms with Crippen molar-refractivity contribution in [3.8, 4) is 0 Å². The van der Waals surface area contributed by atoms with E-state index < -0.39 is 0 Å². The van der Waals surface area contributed by atoms with Crippen molar-refractivity contribution < 1.29 is 0 Å². The van der Waals surface area contributed by atoms with Crippen LogP contribution in [0.4, 0.5) is 0 Å². The predicted octanol–water partition coefficient (Wildman–Crippen LogP) is 1.67. The highest BCUT2D eigenvalue weighted by Gasteiger charge is 2.12. The molecule has 0 bridgehead atoms. The van der Waals surface area contributed by atoms with Crippen LogP contribution in [0.5, 0.6) is 0 Å². The summed E-state index contributed by atoms with van der Waals surface area (Å²) in [6, 6.07) is 8.48. The quantitative estimate of drug-likeness (QED) is 0.830. The van der Waals surface area contributed by atoms with E-state index in [0.29, 0.717) is 6.54 Å². The Morgan fingerprint density at radius 1 is 1.17 bits per heavy atom. The lowest BCUT2D eigenvalue weighted by Gasteiger charge is -2.22. The number of likely N-dealkylation sites (N-methyl/N-ethyl adjacent to an activating group) is 1. The summed E-state index contributed by atoms with van der Waals surface area (Å²) >= 11 is 0. The average molecular weight is 247 g/mol. The van der Waals surface area contributed by atoms with Gasteiger partial charge in [0.2, 0.25) is 0 Å². The highest BCUT2D eigenvalue weighted by Crippen LogP contribution is 2.11. The second kappa shape index (κ2) is 6.88. The Morgan fingerprint density at radius 2 is 1.83 bits per heavy atom. The normalized spacial score (nSPS) is 16.6. The van der Waals surface area contributed by atoms with Gasteiger partial charge in [0.1, 0.15) is 0 Å². The summed E-state index contributed by atoms with van der Waals surface area (Å²) in [6.07, 6.45) is 2.75. The number of hydrogen-bond donors (Lipinski definition) is 1. The minimum Gasteiger partial charge on any atom is -0.326 e. The van der Waals surface area contributed by atoms with Crippen molar-refractivity contribution in [2.75, 3.05) is 33.2 Å². The Bertz CT molecular complexity index is 359. The largest absolute Gasteiger partial charge is 0.326 e. The molecule has 1 fully saturated rings. The average Bonchev–Trinajstić information content (AvgIpc) is 2.90. The summed E-state index contributed by atoms with van der Waals surface area (Å²) < 4.78 is 0. The molecule has 1 aliphatic heterocycles. The van der Waals surface area contributed by atoms with Gasteiger partial charge in [-0.1, -0.05) is 24.3 Å². The van der Waals surface area contributed by atoms with Gasteiger partial charge < -0.3 is 15.5 Å². The lowest BCUT2D eigenvalue weighted by Crippen LogP contribution is -2.31. The number of benzene rings is 1. The summed E-state index contributed by atoms with van der Waals surface area (Å²) in [5, 5.41) is 0. The summed E-state index contributed by atoms with van der Waals surface area (Å²) in [5.74, 6) is 0. The Kier molecular flexibility index (Phi) is 5.17. The molecule has 0 spiro atoms. The van der Waals surface area contributed by atoms with Gasteiger partial charge in [0.25, 0.3) is 0 Å². The van der Waals surface area contributed by atoms with Crippen molar-refractivity contribution in [2.45, 2.75) is 25.9 Å². The van der Waals surface area contributed by atoms with E-state index in [0.717, 1.165) is 13.1 Å². The molecule has 100 valence electrons. The van der Waals surface area contributed by atoms with Crippen molar-refractivity contribution in [3.05, 3.63) is 35.4 Å². The molecule has 3 heteroatoms. The third-order valence-corrected chi connectivity index (χ3v) is 3.78. The smallest absolute Gasteiger partial charge is 0.0234 e. The molecule has 1 aromatic carbocycles. The van der Waals surface area contributed by atoms with Crippen LogP contribution >= 0.6 is 0 Å². The Balaban J connectivity index is 1.80. The van der Waals surface area contributed by atoms with Gasteiger partial charge in [-0.25, -0.2) is 0 Å². The van der Waals surface area contributed by atoms with Crippen molar-refractivity contribution in [2.24, 2.45) is 5.73 Å². The van der Waals surface area contributed by atoms with Gasteiger partial charge in [-0.2, -0.15) is 0 Å².